The van der Waals surface area contributed by atoms with Crippen molar-refractivity contribution in [2.24, 2.45) is 0 Å². The topological polar surface area (TPSA) is 34.9 Å². The van der Waals surface area contributed by atoms with Crippen LogP contribution in [0.5, 0.6) is 0 Å². The largest absolute Gasteiger partial charge is 0.287 e. The fourth-order valence-electron chi connectivity index (χ4n) is 3.53. The number of nitrogens with zero attached hydrogens (tertiary/aromatic N) is 2. The second kappa shape index (κ2) is 4.47. The van der Waals surface area contributed by atoms with Gasteiger partial charge in [-0.05, 0) is 18.4 Å². The lowest BCUT2D eigenvalue weighted by atomic mass is 9.69. The molecule has 108 valence electrons. The number of hydrogen-bond donors (Lipinski definition) is 0. The molecule has 2 aromatic rings. The summed E-state index contributed by atoms with van der Waals surface area (Å²) in [5, 5.41) is 0.883. The molecule has 2 aliphatic rings. The molecule has 0 saturated carbocycles. The molecule has 21 heavy (non-hydrogen) atoms. The highest BCUT2D eigenvalue weighted by atomic mass is 32.2. The molecule has 0 unspecified atom stereocenters. The average Bonchev–Trinajstić information content (AvgIpc) is 2.96. The number of thioether (sulfide) groups is 1. The lowest BCUT2D eigenvalue weighted by molar-refractivity contribution is 0.431. The first kappa shape index (κ1) is 13.1. The van der Waals surface area contributed by atoms with Gasteiger partial charge in [-0.1, -0.05) is 49.9 Å². The van der Waals surface area contributed by atoms with Crippen molar-refractivity contribution in [2.75, 3.05) is 5.75 Å². The number of aromatic nitrogens is 2. The van der Waals surface area contributed by atoms with E-state index in [2.05, 4.69) is 32.0 Å². The number of fused-ring (bicyclic) bond motifs is 4. The molecule has 3 nitrogen and oxygen atoms in total. The zero-order chi connectivity index (χ0) is 14.6. The predicted octanol–water partition coefficient (Wildman–Crippen LogP) is 3.24. The van der Waals surface area contributed by atoms with Crippen LogP contribution in [0, 0.1) is 0 Å². The van der Waals surface area contributed by atoms with Crippen molar-refractivity contribution in [2.45, 2.75) is 43.8 Å². The maximum atomic E-state index is 13.0. The third kappa shape index (κ3) is 1.75. The summed E-state index contributed by atoms with van der Waals surface area (Å²) < 4.78 is 1.87. The van der Waals surface area contributed by atoms with Crippen LogP contribution in [0.2, 0.25) is 0 Å². The van der Waals surface area contributed by atoms with Gasteiger partial charge >= 0.3 is 0 Å². The van der Waals surface area contributed by atoms with Crippen molar-refractivity contribution in [3.05, 3.63) is 45.7 Å². The Kier molecular flexibility index (Phi) is 2.80. The summed E-state index contributed by atoms with van der Waals surface area (Å²) >= 11 is 1.69. The van der Waals surface area contributed by atoms with Gasteiger partial charge in [-0.25, -0.2) is 4.98 Å². The monoisotopic (exact) mass is 298 g/mol. The van der Waals surface area contributed by atoms with E-state index in [-0.39, 0.29) is 11.0 Å². The van der Waals surface area contributed by atoms with E-state index >= 15 is 0 Å². The minimum atomic E-state index is -0.108. The van der Waals surface area contributed by atoms with Crippen LogP contribution in [0.1, 0.15) is 31.4 Å². The quantitative estimate of drug-likeness (QED) is 0.758. The Morgan fingerprint density at radius 3 is 3.00 bits per heavy atom. The van der Waals surface area contributed by atoms with E-state index in [9.17, 15) is 4.79 Å². The molecular formula is C17H18N2OS. The van der Waals surface area contributed by atoms with E-state index in [4.69, 9.17) is 4.98 Å². The van der Waals surface area contributed by atoms with E-state index in [1.54, 1.807) is 11.8 Å². The molecule has 0 spiro atoms. The third-order valence-corrected chi connectivity index (χ3v) is 5.87. The maximum absolute atomic E-state index is 13.0. The van der Waals surface area contributed by atoms with E-state index < -0.39 is 0 Å². The minimum Gasteiger partial charge on any atom is -0.287 e. The van der Waals surface area contributed by atoms with Gasteiger partial charge in [0.05, 0.1) is 11.3 Å². The van der Waals surface area contributed by atoms with Crippen LogP contribution in [-0.2, 0) is 18.4 Å². The van der Waals surface area contributed by atoms with Crippen molar-refractivity contribution >= 4 is 11.8 Å². The molecule has 1 aromatic carbocycles. The van der Waals surface area contributed by atoms with Crippen LogP contribution in [-0.4, -0.2) is 15.3 Å². The lowest BCUT2D eigenvalue weighted by Gasteiger charge is -2.35. The molecule has 1 aliphatic carbocycles. The molecule has 0 amide bonds. The zero-order valence-corrected chi connectivity index (χ0v) is 13.2. The smallest absolute Gasteiger partial charge is 0.258 e. The second-order valence-electron chi connectivity index (χ2n) is 6.17. The molecule has 1 atom stereocenters. The van der Waals surface area contributed by atoms with Crippen LogP contribution < -0.4 is 5.56 Å². The first-order valence-corrected chi connectivity index (χ1v) is 8.49. The van der Waals surface area contributed by atoms with Crippen LogP contribution in [0.25, 0.3) is 11.3 Å². The number of rotatable bonds is 1. The van der Waals surface area contributed by atoms with Gasteiger partial charge in [0.1, 0.15) is 0 Å². The van der Waals surface area contributed by atoms with Gasteiger partial charge in [0, 0.05) is 23.3 Å². The standard InChI is InChI=1S/C17H18N2OS/c1-3-17(2)10-11-6-4-5-7-12(11)14-13(17)15(20)19-8-9-21-16(19)18-14/h4-7H,3,8-10H2,1-2H3/t17-/m1/s1. The van der Waals surface area contributed by atoms with Gasteiger partial charge in [-0.2, -0.15) is 0 Å². The highest BCUT2D eigenvalue weighted by Gasteiger charge is 2.38. The average molecular weight is 298 g/mol. The van der Waals surface area contributed by atoms with Gasteiger partial charge in [0.2, 0.25) is 0 Å². The molecular weight excluding hydrogens is 280 g/mol. The summed E-state index contributed by atoms with van der Waals surface area (Å²) in [5.41, 5.74) is 4.38. The van der Waals surface area contributed by atoms with Crippen LogP contribution in [0.15, 0.2) is 34.2 Å². The SMILES string of the molecule is CC[C@]1(C)Cc2ccccc2-c2nc3n(c(=O)c21)CCS3. The number of benzene rings is 1. The molecule has 4 heteroatoms. The van der Waals surface area contributed by atoms with E-state index in [0.717, 1.165) is 47.1 Å². The molecule has 0 bridgehead atoms. The molecule has 4 rings (SSSR count). The Hall–Kier alpha value is -1.55. The van der Waals surface area contributed by atoms with Crippen molar-refractivity contribution < 1.29 is 0 Å². The second-order valence-corrected chi connectivity index (χ2v) is 7.23. The highest BCUT2D eigenvalue weighted by Crippen LogP contribution is 2.43. The van der Waals surface area contributed by atoms with E-state index in [1.165, 1.54) is 5.56 Å². The molecule has 0 fully saturated rings. The Balaban J connectivity index is 2.11. The minimum absolute atomic E-state index is 0.108. The first-order chi connectivity index (χ1) is 10.1. The van der Waals surface area contributed by atoms with Crippen LogP contribution in [0.4, 0.5) is 0 Å². The van der Waals surface area contributed by atoms with E-state index in [0.29, 0.717) is 0 Å². The van der Waals surface area contributed by atoms with Gasteiger partial charge in [0.25, 0.3) is 5.56 Å². The zero-order valence-electron chi connectivity index (χ0n) is 12.3. The molecule has 2 heterocycles. The lowest BCUT2D eigenvalue weighted by Crippen LogP contribution is -2.39. The summed E-state index contributed by atoms with van der Waals surface area (Å²) in [4.78, 5) is 17.9. The van der Waals surface area contributed by atoms with Crippen molar-refractivity contribution in [3.63, 3.8) is 0 Å². The van der Waals surface area contributed by atoms with Crippen molar-refractivity contribution in [1.82, 2.24) is 9.55 Å². The fourth-order valence-corrected chi connectivity index (χ4v) is 4.47. The Labute approximate surface area is 128 Å². The van der Waals surface area contributed by atoms with Crippen molar-refractivity contribution in [3.8, 4) is 11.3 Å². The Bertz CT molecular complexity index is 796. The Morgan fingerprint density at radius 1 is 1.38 bits per heavy atom. The molecule has 0 saturated heterocycles. The third-order valence-electron chi connectivity index (χ3n) is 4.92. The van der Waals surface area contributed by atoms with Crippen molar-refractivity contribution in [1.29, 1.82) is 0 Å². The molecule has 0 N–H and O–H groups in total. The summed E-state index contributed by atoms with van der Waals surface area (Å²) in [7, 11) is 0. The Morgan fingerprint density at radius 2 is 2.19 bits per heavy atom. The van der Waals surface area contributed by atoms with Crippen LogP contribution in [0.3, 0.4) is 0 Å². The van der Waals surface area contributed by atoms with Crippen LogP contribution >= 0.6 is 11.8 Å². The first-order valence-electron chi connectivity index (χ1n) is 7.50. The summed E-state index contributed by atoms with van der Waals surface area (Å²) in [6.07, 6.45) is 1.88. The van der Waals surface area contributed by atoms with Gasteiger partial charge in [0.15, 0.2) is 5.16 Å². The number of hydrogen-bond acceptors (Lipinski definition) is 3. The van der Waals surface area contributed by atoms with Gasteiger partial charge in [-0.3, -0.25) is 9.36 Å². The van der Waals surface area contributed by atoms with Gasteiger partial charge < -0.3 is 0 Å². The molecule has 0 radical (unpaired) electrons. The summed E-state index contributed by atoms with van der Waals surface area (Å²) in [6.45, 7) is 5.17. The normalized spacial score (nSPS) is 22.6. The summed E-state index contributed by atoms with van der Waals surface area (Å²) in [6, 6.07) is 8.39. The molecule has 1 aliphatic heterocycles. The maximum Gasteiger partial charge on any atom is 0.258 e. The predicted molar refractivity (Wildman–Crippen MR) is 86.0 cm³/mol. The molecule has 1 aromatic heterocycles. The summed E-state index contributed by atoms with van der Waals surface area (Å²) in [5.74, 6) is 0.954. The van der Waals surface area contributed by atoms with Gasteiger partial charge in [-0.15, -0.1) is 0 Å². The fraction of sp³-hybridized carbons (Fsp3) is 0.412. The highest BCUT2D eigenvalue weighted by molar-refractivity contribution is 7.99. The van der Waals surface area contributed by atoms with E-state index in [1.807, 2.05) is 10.6 Å².